The molecule has 1 fully saturated rings. The highest BCUT2D eigenvalue weighted by Gasteiger charge is 1.94. The molecule has 0 unspecified atom stereocenters. The Labute approximate surface area is 86.0 Å². The molecule has 2 nitrogen and oxygen atoms in total. The van der Waals surface area contributed by atoms with E-state index in [2.05, 4.69) is 47.8 Å². The molecule has 1 heterocycles. The maximum atomic E-state index is 4.94. The van der Waals surface area contributed by atoms with E-state index in [-0.39, 0.29) is 2.65 Å². The molecule has 0 aromatic carbocycles. The van der Waals surface area contributed by atoms with Crippen LogP contribution >= 0.6 is 47.8 Å². The maximum Gasteiger partial charge on any atom is 0.124 e. The van der Waals surface area contributed by atoms with E-state index in [0.717, 1.165) is 26.4 Å². The van der Waals surface area contributed by atoms with Crippen molar-refractivity contribution >= 4 is 47.8 Å². The Hall–Kier alpha value is 1.36. The molecule has 1 rings (SSSR count). The number of hydrogen-bond donors (Lipinski definition) is 0. The summed E-state index contributed by atoms with van der Waals surface area (Å²) in [5, 5.41) is 0. The molecule has 1 aliphatic rings. The van der Waals surface area contributed by atoms with Crippen LogP contribution in [0.25, 0.3) is 0 Å². The number of ether oxygens (including phenoxy) is 2. The lowest BCUT2D eigenvalue weighted by Crippen LogP contribution is -2.16. The quantitative estimate of drug-likeness (QED) is 0.631. The van der Waals surface area contributed by atoms with Gasteiger partial charge in [-0.2, -0.15) is 0 Å². The fourth-order valence-electron chi connectivity index (χ4n) is 0.440. The molecule has 1 saturated heterocycles. The minimum atomic E-state index is 0.271. The highest BCUT2D eigenvalue weighted by molar-refractivity contribution is 9.38. The lowest BCUT2D eigenvalue weighted by atomic mass is 10.6. The molecule has 0 aromatic rings. The second-order valence-electron chi connectivity index (χ2n) is 1.47. The van der Waals surface area contributed by atoms with Crippen LogP contribution in [0.5, 0.6) is 0 Å². The van der Waals surface area contributed by atoms with Gasteiger partial charge in [0.1, 0.15) is 2.65 Å². The molecule has 0 saturated carbocycles. The van der Waals surface area contributed by atoms with E-state index in [4.69, 9.17) is 9.47 Å². The highest BCUT2D eigenvalue weighted by atomic mass is 80.0. The van der Waals surface area contributed by atoms with E-state index in [1.807, 2.05) is 0 Å². The molecule has 62 valence electrons. The average molecular weight is 341 g/mol. The number of halogens is 3. The van der Waals surface area contributed by atoms with Crippen LogP contribution in [0, 0.1) is 0 Å². The Kier molecular flexibility index (Phi) is 9.61. The molecule has 0 bridgehead atoms. The van der Waals surface area contributed by atoms with Crippen molar-refractivity contribution in [2.75, 3.05) is 26.4 Å². The standard InChI is InChI=1S/C4H8O2.CHBr3/c1-2-6-4-3-5-1;2-1(3)4/h1-4H2;1H. The Balaban J connectivity index is 0.000000180. The Morgan fingerprint density at radius 2 is 1.00 bits per heavy atom. The maximum absolute atomic E-state index is 4.94. The molecule has 0 radical (unpaired) electrons. The van der Waals surface area contributed by atoms with Crippen LogP contribution in [-0.2, 0) is 9.47 Å². The third-order valence-electron chi connectivity index (χ3n) is 0.744. The Morgan fingerprint density at radius 1 is 0.800 bits per heavy atom. The monoisotopic (exact) mass is 338 g/mol. The van der Waals surface area contributed by atoms with Gasteiger partial charge in [0.25, 0.3) is 0 Å². The third-order valence-corrected chi connectivity index (χ3v) is 0.744. The van der Waals surface area contributed by atoms with Crippen molar-refractivity contribution in [2.24, 2.45) is 0 Å². The molecule has 0 aliphatic carbocycles. The van der Waals surface area contributed by atoms with Gasteiger partial charge in [-0.15, -0.1) is 0 Å². The van der Waals surface area contributed by atoms with Gasteiger partial charge in [0.2, 0.25) is 0 Å². The van der Waals surface area contributed by atoms with Gasteiger partial charge in [-0.1, -0.05) is 47.8 Å². The molecule has 5 heteroatoms. The first kappa shape index (κ1) is 11.4. The summed E-state index contributed by atoms with van der Waals surface area (Å²) in [5.41, 5.74) is 0. The number of rotatable bonds is 0. The topological polar surface area (TPSA) is 18.5 Å². The molecular weight excluding hydrogens is 332 g/mol. The van der Waals surface area contributed by atoms with Crippen LogP contribution in [0.1, 0.15) is 0 Å². The zero-order valence-corrected chi connectivity index (χ0v) is 10.1. The van der Waals surface area contributed by atoms with Crippen molar-refractivity contribution in [2.45, 2.75) is 2.65 Å². The highest BCUT2D eigenvalue weighted by Crippen LogP contribution is 2.13. The van der Waals surface area contributed by atoms with E-state index < -0.39 is 0 Å². The molecule has 0 amide bonds. The fourth-order valence-corrected chi connectivity index (χ4v) is 0.440. The van der Waals surface area contributed by atoms with Crippen LogP contribution in [0.2, 0.25) is 0 Å². The Bertz CT molecular complexity index is 51.6. The predicted octanol–water partition coefficient (Wildman–Crippen LogP) is 2.49. The summed E-state index contributed by atoms with van der Waals surface area (Å²) < 4.78 is 10.2. The van der Waals surface area contributed by atoms with Crippen molar-refractivity contribution in [3.63, 3.8) is 0 Å². The fraction of sp³-hybridized carbons (Fsp3) is 1.00. The Morgan fingerprint density at radius 3 is 1.10 bits per heavy atom. The summed E-state index contributed by atoms with van der Waals surface area (Å²) in [4.78, 5) is 0. The van der Waals surface area contributed by atoms with Crippen molar-refractivity contribution in [3.05, 3.63) is 0 Å². The van der Waals surface area contributed by atoms with Crippen LogP contribution < -0.4 is 0 Å². The summed E-state index contributed by atoms with van der Waals surface area (Å²) in [6.07, 6.45) is 0. The minimum Gasteiger partial charge on any atom is -0.377 e. The molecule has 0 aromatic heterocycles. The van der Waals surface area contributed by atoms with Crippen LogP contribution in [-0.4, -0.2) is 29.1 Å². The van der Waals surface area contributed by atoms with Gasteiger partial charge < -0.3 is 9.47 Å². The van der Waals surface area contributed by atoms with E-state index in [9.17, 15) is 0 Å². The molecule has 0 N–H and O–H groups in total. The first-order valence-corrected chi connectivity index (χ1v) is 5.56. The molecule has 0 atom stereocenters. The number of alkyl halides is 3. The van der Waals surface area contributed by atoms with Crippen molar-refractivity contribution in [1.29, 1.82) is 0 Å². The van der Waals surface area contributed by atoms with E-state index in [0.29, 0.717) is 0 Å². The lowest BCUT2D eigenvalue weighted by molar-refractivity contribution is -0.0334. The zero-order valence-electron chi connectivity index (χ0n) is 5.36. The van der Waals surface area contributed by atoms with Crippen LogP contribution in [0.15, 0.2) is 0 Å². The van der Waals surface area contributed by atoms with Gasteiger partial charge >= 0.3 is 0 Å². The van der Waals surface area contributed by atoms with Crippen molar-refractivity contribution in [3.8, 4) is 0 Å². The summed E-state index contributed by atoms with van der Waals surface area (Å²) in [5.74, 6) is 0. The van der Waals surface area contributed by atoms with Crippen molar-refractivity contribution in [1.82, 2.24) is 0 Å². The second-order valence-corrected chi connectivity index (χ2v) is 7.91. The van der Waals surface area contributed by atoms with Gasteiger partial charge in [0.05, 0.1) is 26.4 Å². The van der Waals surface area contributed by atoms with E-state index >= 15 is 0 Å². The average Bonchev–Trinajstić information content (AvgIpc) is 1.90. The summed E-state index contributed by atoms with van der Waals surface area (Å²) >= 11 is 9.31. The molecule has 10 heavy (non-hydrogen) atoms. The third kappa shape index (κ3) is 12.1. The summed E-state index contributed by atoms with van der Waals surface area (Å²) in [6, 6.07) is 0. The lowest BCUT2D eigenvalue weighted by Gasteiger charge is -2.09. The first-order valence-electron chi connectivity index (χ1n) is 2.81. The van der Waals surface area contributed by atoms with Crippen LogP contribution in [0.4, 0.5) is 0 Å². The largest absolute Gasteiger partial charge is 0.377 e. The van der Waals surface area contributed by atoms with Gasteiger partial charge in [0, 0.05) is 0 Å². The number of hydrogen-bond acceptors (Lipinski definition) is 2. The minimum absolute atomic E-state index is 0.271. The molecular formula is C5H9Br3O2. The van der Waals surface area contributed by atoms with Gasteiger partial charge in [-0.25, -0.2) is 0 Å². The summed E-state index contributed by atoms with van der Waals surface area (Å²) in [7, 11) is 0. The zero-order chi connectivity index (χ0) is 7.82. The normalized spacial score (nSPS) is 18.0. The second kappa shape index (κ2) is 8.46. The predicted molar refractivity (Wildman–Crippen MR) is 52.2 cm³/mol. The van der Waals surface area contributed by atoms with Crippen LogP contribution in [0.3, 0.4) is 0 Å². The van der Waals surface area contributed by atoms with Gasteiger partial charge in [-0.05, 0) is 0 Å². The molecule has 1 aliphatic heterocycles. The van der Waals surface area contributed by atoms with Gasteiger partial charge in [-0.3, -0.25) is 0 Å². The summed E-state index contributed by atoms with van der Waals surface area (Å²) in [6.45, 7) is 3.11. The van der Waals surface area contributed by atoms with E-state index in [1.165, 1.54) is 0 Å². The van der Waals surface area contributed by atoms with Gasteiger partial charge in [0.15, 0.2) is 0 Å². The smallest absolute Gasteiger partial charge is 0.124 e. The van der Waals surface area contributed by atoms with Crippen molar-refractivity contribution < 1.29 is 9.47 Å². The van der Waals surface area contributed by atoms with E-state index in [1.54, 1.807) is 0 Å². The first-order chi connectivity index (χ1) is 4.73. The molecule has 0 spiro atoms. The SMILES string of the molecule is BrC(Br)Br.C1COCCO1.